The second kappa shape index (κ2) is 12.0. The van der Waals surface area contributed by atoms with Gasteiger partial charge in [0.15, 0.2) is 0 Å². The quantitative estimate of drug-likeness (QED) is 0.371. The van der Waals surface area contributed by atoms with Crippen molar-refractivity contribution >= 4 is 49.5 Å². The fourth-order valence-electron chi connectivity index (χ4n) is 0. The molecule has 0 rings (SSSR count). The van der Waals surface area contributed by atoms with E-state index in [1.807, 2.05) is 0 Å². The smallest absolute Gasteiger partial charge is 1.00 e. The Morgan fingerprint density at radius 2 is 1.11 bits per heavy atom. The van der Waals surface area contributed by atoms with Crippen LogP contribution in [-0.4, -0.2) is 59.7 Å². The summed E-state index contributed by atoms with van der Waals surface area (Å²) in [6, 6.07) is 0. The van der Waals surface area contributed by atoms with Gasteiger partial charge in [-0.25, -0.2) is 0 Å². The molecule has 0 aromatic rings. The first kappa shape index (κ1) is 31.8. The number of hydrogen-bond donors (Lipinski definition) is 1. The van der Waals surface area contributed by atoms with Gasteiger partial charge in [-0.2, -0.15) is 0 Å². The molecule has 0 heterocycles. The summed E-state index contributed by atoms with van der Waals surface area (Å²) in [5.41, 5.74) is 0. The zero-order chi connectivity index (χ0) is 4.50. The van der Waals surface area contributed by atoms with Crippen LogP contribution in [0, 0.1) is 0 Å². The predicted octanol–water partition coefficient (Wildman–Crippen LogP) is -8.44. The molecule has 0 amide bonds. The van der Waals surface area contributed by atoms with E-state index in [4.69, 9.17) is 19.2 Å². The average molecular weight is 180 g/mol. The fourth-order valence-corrected chi connectivity index (χ4v) is 0. The van der Waals surface area contributed by atoms with E-state index in [1.165, 1.54) is 0 Å². The molecule has 9 heavy (non-hydrogen) atoms. The predicted molar refractivity (Wildman–Crippen MR) is 21.4 cm³/mol. The van der Waals surface area contributed by atoms with Crippen LogP contribution in [0.5, 0.6) is 0 Å². The minimum absolute atomic E-state index is 0. The average Bonchev–Trinajstić information content (AvgIpc) is 0.722. The van der Waals surface area contributed by atoms with Crippen molar-refractivity contribution in [1.29, 1.82) is 0 Å². The van der Waals surface area contributed by atoms with Crippen molar-refractivity contribution in [2.24, 2.45) is 0 Å². The first-order chi connectivity index (χ1) is 2.00. The van der Waals surface area contributed by atoms with Gasteiger partial charge < -0.3 is 29.4 Å². The van der Waals surface area contributed by atoms with E-state index >= 15 is 0 Å². The SMILES string of the molecule is [Al+3].[F-].[Mg+2].[O-][Si]([O-])([O-])O.[OH-]. The third-order valence-corrected chi connectivity index (χ3v) is 0. The Labute approximate surface area is 78.8 Å². The van der Waals surface area contributed by atoms with Gasteiger partial charge in [0, 0.05) is 0 Å². The third kappa shape index (κ3) is 313. The van der Waals surface area contributed by atoms with E-state index in [0.717, 1.165) is 0 Å². The molecular weight excluding hydrogens is 178 g/mol. The molecule has 0 aromatic carbocycles. The molecular formula is H2AlFMgO5Si. The molecule has 0 saturated carbocycles. The second-order valence-electron chi connectivity index (χ2n) is 0.524. The summed E-state index contributed by atoms with van der Waals surface area (Å²) in [6.45, 7) is 0. The number of rotatable bonds is 0. The van der Waals surface area contributed by atoms with E-state index in [1.54, 1.807) is 0 Å². The Kier molecular flexibility index (Phi) is 42.3. The molecule has 0 atom stereocenters. The van der Waals surface area contributed by atoms with Gasteiger partial charge in [-0.05, 0) is 0 Å². The van der Waals surface area contributed by atoms with Crippen molar-refractivity contribution in [3.63, 3.8) is 0 Å². The monoisotopic (exact) mass is 180 g/mol. The maximum atomic E-state index is 8.69. The molecule has 0 aliphatic carbocycles. The van der Waals surface area contributed by atoms with Crippen LogP contribution in [0.3, 0.4) is 0 Å². The normalized spacial score (nSPS) is 6.67. The number of hydrogen-bond acceptors (Lipinski definition) is 5. The molecule has 0 radical (unpaired) electrons. The topological polar surface area (TPSA) is 119 Å². The first-order valence-corrected chi connectivity index (χ1v) is 2.51. The Bertz CT molecular complexity index is 32.4. The van der Waals surface area contributed by atoms with E-state index < -0.39 is 9.05 Å². The van der Waals surface area contributed by atoms with Crippen molar-refractivity contribution in [3.05, 3.63) is 0 Å². The van der Waals surface area contributed by atoms with Crippen LogP contribution in [0.2, 0.25) is 0 Å². The van der Waals surface area contributed by atoms with Crippen molar-refractivity contribution in [1.82, 2.24) is 0 Å². The standard InChI is InChI=1S/Al.FH.Mg.HO4Si.H2O/c;;;1-5(2,3)4;/h;1H;;1H;1H2/q+3;;+2;-3;/p-2. The Morgan fingerprint density at radius 3 is 1.11 bits per heavy atom. The van der Waals surface area contributed by atoms with Gasteiger partial charge in [0.2, 0.25) is 0 Å². The zero-order valence-corrected chi connectivity index (χ0v) is 7.85. The summed E-state index contributed by atoms with van der Waals surface area (Å²) in [7, 11) is -5.36. The fraction of sp³-hybridized carbons (Fsp3) is 0. The Balaban J connectivity index is -0.0000000133. The summed E-state index contributed by atoms with van der Waals surface area (Å²) in [5, 5.41) is 0. The van der Waals surface area contributed by atoms with E-state index in [-0.39, 0.29) is 50.6 Å². The molecule has 48 valence electrons. The molecule has 0 bridgehead atoms. The van der Waals surface area contributed by atoms with Gasteiger partial charge in [0.25, 0.3) is 0 Å². The zero-order valence-electron chi connectivity index (χ0n) is 4.28. The molecule has 0 saturated heterocycles. The van der Waals surface area contributed by atoms with Crippen molar-refractivity contribution in [2.45, 2.75) is 0 Å². The summed E-state index contributed by atoms with van der Waals surface area (Å²) in [5.74, 6) is 0. The molecule has 0 spiro atoms. The van der Waals surface area contributed by atoms with Gasteiger partial charge in [-0.1, -0.05) is 0 Å². The number of halogens is 1. The van der Waals surface area contributed by atoms with Crippen LogP contribution in [0.15, 0.2) is 0 Å². The van der Waals surface area contributed by atoms with Crippen LogP contribution >= 0.6 is 0 Å². The summed E-state index contributed by atoms with van der Waals surface area (Å²) in [6.07, 6.45) is 0. The van der Waals surface area contributed by atoms with Crippen LogP contribution in [0.4, 0.5) is 0 Å². The summed E-state index contributed by atoms with van der Waals surface area (Å²) in [4.78, 5) is 33.1. The van der Waals surface area contributed by atoms with Crippen molar-refractivity contribution in [3.8, 4) is 0 Å². The first-order valence-electron chi connectivity index (χ1n) is 0.836. The molecule has 5 nitrogen and oxygen atoms in total. The Hall–Kier alpha value is 1.25. The molecule has 0 unspecified atom stereocenters. The largest absolute Gasteiger partial charge is 3.00 e. The van der Waals surface area contributed by atoms with E-state index in [2.05, 4.69) is 0 Å². The van der Waals surface area contributed by atoms with Crippen molar-refractivity contribution < 1.29 is 29.4 Å². The van der Waals surface area contributed by atoms with E-state index in [9.17, 15) is 0 Å². The molecule has 0 aliphatic rings. The maximum absolute atomic E-state index is 8.69. The maximum Gasteiger partial charge on any atom is 3.00 e. The van der Waals surface area contributed by atoms with Crippen LogP contribution in [0.25, 0.3) is 0 Å². The minimum Gasteiger partial charge on any atom is -1.00 e. The van der Waals surface area contributed by atoms with Gasteiger partial charge >= 0.3 is 40.4 Å². The summed E-state index contributed by atoms with van der Waals surface area (Å²) < 4.78 is 0. The van der Waals surface area contributed by atoms with Crippen LogP contribution < -0.4 is 19.1 Å². The van der Waals surface area contributed by atoms with Gasteiger partial charge in [-0.15, -0.1) is 9.05 Å². The molecule has 2 N–H and O–H groups in total. The van der Waals surface area contributed by atoms with Crippen LogP contribution in [-0.2, 0) is 0 Å². The van der Waals surface area contributed by atoms with Gasteiger partial charge in [-0.3, -0.25) is 0 Å². The van der Waals surface area contributed by atoms with Crippen molar-refractivity contribution in [2.75, 3.05) is 0 Å². The van der Waals surface area contributed by atoms with Crippen LogP contribution in [0.1, 0.15) is 0 Å². The molecule has 0 aliphatic heterocycles. The molecule has 0 fully saturated rings. The second-order valence-corrected chi connectivity index (χ2v) is 1.57. The minimum atomic E-state index is -5.36. The third-order valence-electron chi connectivity index (χ3n) is 0. The Morgan fingerprint density at radius 1 is 1.11 bits per heavy atom. The molecule has 9 heteroatoms. The van der Waals surface area contributed by atoms with Gasteiger partial charge in [0.1, 0.15) is 0 Å². The van der Waals surface area contributed by atoms with E-state index in [0.29, 0.717) is 0 Å². The molecule has 0 aromatic heterocycles. The summed E-state index contributed by atoms with van der Waals surface area (Å²) >= 11 is 0. The van der Waals surface area contributed by atoms with Gasteiger partial charge in [0.05, 0.1) is 0 Å².